The average Bonchev–Trinajstić information content (AvgIpc) is 2.83. The molecule has 0 spiro atoms. The molecular weight excluding hydrogens is 292 g/mol. The predicted molar refractivity (Wildman–Crippen MR) is 79.0 cm³/mol. The van der Waals surface area contributed by atoms with Crippen LogP contribution in [0, 0.1) is 0 Å². The lowest BCUT2D eigenvalue weighted by Gasteiger charge is -2.16. The zero-order valence-electron chi connectivity index (χ0n) is 11.2. The smallest absolute Gasteiger partial charge is 0.128 e. The Balaban J connectivity index is 2.06. The lowest BCUT2D eigenvalue weighted by molar-refractivity contribution is -0.304. The number of aryl methyl sites for hydroxylation is 2. The highest BCUT2D eigenvalue weighted by Crippen LogP contribution is 2.40. The van der Waals surface area contributed by atoms with E-state index in [1.807, 2.05) is 6.92 Å². The van der Waals surface area contributed by atoms with E-state index in [0.29, 0.717) is 6.42 Å². The first kappa shape index (κ1) is 13.8. The fraction of sp³-hybridized carbons (Fsp3) is 0.500. The van der Waals surface area contributed by atoms with Gasteiger partial charge < -0.3 is 9.90 Å². The molecule has 6 heteroatoms. The largest absolute Gasteiger partial charge is 0.549 e. The predicted octanol–water partition coefficient (Wildman–Crippen LogP) is 2.19. The Morgan fingerprint density at radius 1 is 1.45 bits per heavy atom. The molecule has 0 amide bonds. The van der Waals surface area contributed by atoms with Crippen molar-refractivity contribution in [3.63, 3.8) is 0 Å². The molecule has 1 atom stereocenters. The standard InChI is InChI=1S/C14H16N2O2S2/c1-2-9(14(17)18)19-12-11-8-5-3-4-6-10(8)20-13(11)16-7-15-12/h7,9H,2-6H2,1H3,(H,17,18)/p-1/t9-/m0/s1. The number of carbonyl (C=O) groups is 1. The first-order chi connectivity index (χ1) is 9.70. The van der Waals surface area contributed by atoms with Crippen molar-refractivity contribution in [3.8, 4) is 0 Å². The van der Waals surface area contributed by atoms with Crippen molar-refractivity contribution in [3.05, 3.63) is 16.8 Å². The molecule has 3 rings (SSSR count). The molecule has 2 aromatic rings. The first-order valence-electron chi connectivity index (χ1n) is 6.83. The summed E-state index contributed by atoms with van der Waals surface area (Å²) in [4.78, 5) is 22.2. The van der Waals surface area contributed by atoms with Gasteiger partial charge in [-0.05, 0) is 37.7 Å². The van der Waals surface area contributed by atoms with Crippen LogP contribution in [0.2, 0.25) is 0 Å². The van der Waals surface area contributed by atoms with Gasteiger partial charge in [-0.15, -0.1) is 11.3 Å². The van der Waals surface area contributed by atoms with E-state index in [4.69, 9.17) is 0 Å². The zero-order chi connectivity index (χ0) is 14.1. The average molecular weight is 307 g/mol. The topological polar surface area (TPSA) is 65.9 Å². The van der Waals surface area contributed by atoms with Crippen molar-refractivity contribution in [1.29, 1.82) is 0 Å². The van der Waals surface area contributed by atoms with Crippen LogP contribution in [-0.4, -0.2) is 21.2 Å². The Labute approximate surface area is 125 Å². The van der Waals surface area contributed by atoms with Gasteiger partial charge in [-0.2, -0.15) is 0 Å². The van der Waals surface area contributed by atoms with E-state index >= 15 is 0 Å². The lowest BCUT2D eigenvalue weighted by Crippen LogP contribution is -2.33. The molecule has 0 saturated heterocycles. The number of thioether (sulfide) groups is 1. The molecule has 2 aromatic heterocycles. The van der Waals surface area contributed by atoms with Crippen molar-refractivity contribution in [2.24, 2.45) is 0 Å². The molecule has 0 aromatic carbocycles. The van der Waals surface area contributed by atoms with E-state index in [0.717, 1.165) is 28.1 Å². The minimum absolute atomic E-state index is 0.533. The number of aliphatic carboxylic acids is 1. The Bertz CT molecular complexity index is 654. The fourth-order valence-electron chi connectivity index (χ4n) is 2.58. The Morgan fingerprint density at radius 2 is 2.25 bits per heavy atom. The van der Waals surface area contributed by atoms with Crippen molar-refractivity contribution in [2.75, 3.05) is 0 Å². The third kappa shape index (κ3) is 2.42. The Hall–Kier alpha value is -1.14. The number of carboxylic acid groups (broad SMARTS) is 1. The van der Waals surface area contributed by atoms with Crippen LogP contribution in [-0.2, 0) is 17.6 Å². The van der Waals surface area contributed by atoms with E-state index in [2.05, 4.69) is 9.97 Å². The molecule has 0 fully saturated rings. The third-order valence-electron chi connectivity index (χ3n) is 3.60. The van der Waals surface area contributed by atoms with Gasteiger partial charge in [0, 0.05) is 10.3 Å². The highest BCUT2D eigenvalue weighted by Gasteiger charge is 2.21. The van der Waals surface area contributed by atoms with Gasteiger partial charge in [0.15, 0.2) is 0 Å². The highest BCUT2D eigenvalue weighted by molar-refractivity contribution is 8.00. The quantitative estimate of drug-likeness (QED) is 0.640. The second-order valence-electron chi connectivity index (χ2n) is 4.90. The molecule has 1 aliphatic carbocycles. The number of hydrogen-bond donors (Lipinski definition) is 0. The molecule has 20 heavy (non-hydrogen) atoms. The summed E-state index contributed by atoms with van der Waals surface area (Å²) in [5.74, 6) is -1.02. The molecule has 0 bridgehead atoms. The van der Waals surface area contributed by atoms with E-state index in [9.17, 15) is 9.90 Å². The summed E-state index contributed by atoms with van der Waals surface area (Å²) < 4.78 is 0. The minimum Gasteiger partial charge on any atom is -0.549 e. The third-order valence-corrected chi connectivity index (χ3v) is 6.15. The molecule has 4 nitrogen and oxygen atoms in total. The van der Waals surface area contributed by atoms with Crippen LogP contribution in [0.15, 0.2) is 11.4 Å². The summed E-state index contributed by atoms with van der Waals surface area (Å²) in [7, 11) is 0. The maximum absolute atomic E-state index is 11.1. The van der Waals surface area contributed by atoms with E-state index in [-0.39, 0.29) is 0 Å². The maximum atomic E-state index is 11.1. The Kier molecular flexibility index (Phi) is 3.94. The summed E-state index contributed by atoms with van der Waals surface area (Å²) in [5, 5.41) is 12.5. The summed E-state index contributed by atoms with van der Waals surface area (Å²) in [5.41, 5.74) is 1.34. The number of nitrogens with zero attached hydrogens (tertiary/aromatic N) is 2. The van der Waals surface area contributed by atoms with Crippen LogP contribution in [0.1, 0.15) is 36.6 Å². The van der Waals surface area contributed by atoms with E-state index < -0.39 is 11.2 Å². The zero-order valence-corrected chi connectivity index (χ0v) is 12.9. The summed E-state index contributed by atoms with van der Waals surface area (Å²) >= 11 is 3.03. The molecule has 0 saturated carbocycles. The first-order valence-corrected chi connectivity index (χ1v) is 8.53. The number of carbonyl (C=O) groups excluding carboxylic acids is 1. The van der Waals surface area contributed by atoms with Crippen molar-refractivity contribution in [1.82, 2.24) is 9.97 Å². The molecule has 0 radical (unpaired) electrons. The number of thiophene rings is 1. The summed E-state index contributed by atoms with van der Waals surface area (Å²) in [6.45, 7) is 1.86. The van der Waals surface area contributed by atoms with Crippen LogP contribution < -0.4 is 5.11 Å². The van der Waals surface area contributed by atoms with Crippen molar-refractivity contribution in [2.45, 2.75) is 49.3 Å². The number of hydrogen-bond acceptors (Lipinski definition) is 6. The number of aromatic nitrogens is 2. The van der Waals surface area contributed by atoms with Crippen LogP contribution in [0.5, 0.6) is 0 Å². The minimum atomic E-state index is -1.02. The second kappa shape index (κ2) is 5.69. The van der Waals surface area contributed by atoms with E-state index in [1.54, 1.807) is 11.3 Å². The van der Waals surface area contributed by atoms with Crippen molar-refractivity contribution < 1.29 is 9.90 Å². The molecular formula is C14H15N2O2S2-. The van der Waals surface area contributed by atoms with Gasteiger partial charge >= 0.3 is 0 Å². The summed E-state index contributed by atoms with van der Waals surface area (Å²) in [6, 6.07) is 0. The molecule has 106 valence electrons. The van der Waals surface area contributed by atoms with Gasteiger partial charge in [0.1, 0.15) is 16.2 Å². The molecule has 1 aliphatic rings. The Morgan fingerprint density at radius 3 is 3.00 bits per heavy atom. The highest BCUT2D eigenvalue weighted by atomic mass is 32.2. The SMILES string of the molecule is CC[C@H](Sc1ncnc2sc3c(c12)CCCC3)C(=O)[O-]. The van der Waals surface area contributed by atoms with Gasteiger partial charge in [0.2, 0.25) is 0 Å². The van der Waals surface area contributed by atoms with Gasteiger partial charge in [-0.1, -0.05) is 18.7 Å². The molecule has 2 heterocycles. The van der Waals surface area contributed by atoms with Crippen molar-refractivity contribution >= 4 is 39.3 Å². The lowest BCUT2D eigenvalue weighted by atomic mass is 9.97. The van der Waals surface area contributed by atoms with Gasteiger partial charge in [0.05, 0.1) is 11.2 Å². The second-order valence-corrected chi connectivity index (χ2v) is 7.18. The maximum Gasteiger partial charge on any atom is 0.128 e. The van der Waals surface area contributed by atoms with Crippen LogP contribution in [0.3, 0.4) is 0 Å². The fourth-order valence-corrected chi connectivity index (χ4v) is 4.86. The van der Waals surface area contributed by atoms with Gasteiger partial charge in [0.25, 0.3) is 0 Å². The van der Waals surface area contributed by atoms with Crippen LogP contribution in [0.4, 0.5) is 0 Å². The summed E-state index contributed by atoms with van der Waals surface area (Å²) in [6.07, 6.45) is 6.65. The molecule has 0 unspecified atom stereocenters. The van der Waals surface area contributed by atoms with Crippen LogP contribution in [0.25, 0.3) is 10.2 Å². The van der Waals surface area contributed by atoms with Crippen LogP contribution >= 0.6 is 23.1 Å². The van der Waals surface area contributed by atoms with E-state index in [1.165, 1.54) is 41.4 Å². The van der Waals surface area contributed by atoms with Gasteiger partial charge in [-0.3, -0.25) is 0 Å². The molecule has 0 aliphatic heterocycles. The van der Waals surface area contributed by atoms with Gasteiger partial charge in [-0.25, -0.2) is 9.97 Å². The number of rotatable bonds is 4. The number of carboxylic acids is 1. The number of fused-ring (bicyclic) bond motifs is 3. The normalized spacial score (nSPS) is 16.1. The monoisotopic (exact) mass is 307 g/mol. The molecule has 0 N–H and O–H groups in total.